The number of benzene rings is 1. The van der Waals surface area contributed by atoms with E-state index in [0.29, 0.717) is 25.9 Å². The summed E-state index contributed by atoms with van der Waals surface area (Å²) in [7, 11) is 0. The van der Waals surface area contributed by atoms with Crippen LogP contribution in [0.5, 0.6) is 0 Å². The Morgan fingerprint density at radius 2 is 2.08 bits per heavy atom. The molecule has 1 aromatic heterocycles. The highest BCUT2D eigenvalue weighted by Gasteiger charge is 2.48. The van der Waals surface area contributed by atoms with Crippen LogP contribution in [-0.2, 0) is 17.8 Å². The summed E-state index contributed by atoms with van der Waals surface area (Å²) in [4.78, 5) is 19.8. The number of β-amino-alcohol motifs (C(OH)–C–C–N with tert-alkyl or cyclic N) is 1. The van der Waals surface area contributed by atoms with E-state index < -0.39 is 17.5 Å². The molecule has 1 aromatic carbocycles. The average Bonchev–Trinajstić information content (AvgIpc) is 2.88. The minimum absolute atomic E-state index is 0.358. The van der Waals surface area contributed by atoms with Crippen LogP contribution in [0, 0.1) is 19.3 Å². The van der Waals surface area contributed by atoms with Crippen LogP contribution in [0.15, 0.2) is 30.3 Å². The van der Waals surface area contributed by atoms with E-state index >= 15 is 0 Å². The number of aliphatic hydroxyl groups is 1. The molecule has 0 unspecified atom stereocenters. The molecule has 0 radical (unpaired) electrons. The molecule has 1 aliphatic heterocycles. The number of piperidine rings is 1. The molecule has 2 heterocycles. The predicted octanol–water partition coefficient (Wildman–Crippen LogP) is 2.64. The Morgan fingerprint density at radius 3 is 2.64 bits per heavy atom. The number of aromatic nitrogens is 1. The van der Waals surface area contributed by atoms with Gasteiger partial charge >= 0.3 is 5.97 Å². The Morgan fingerprint density at radius 1 is 1.36 bits per heavy atom. The van der Waals surface area contributed by atoms with Crippen LogP contribution in [0.25, 0.3) is 0 Å². The second kappa shape index (κ2) is 7.23. The zero-order chi connectivity index (χ0) is 18.0. The minimum atomic E-state index is -1.11. The van der Waals surface area contributed by atoms with Crippen molar-refractivity contribution in [3.63, 3.8) is 0 Å². The van der Waals surface area contributed by atoms with E-state index in [1.807, 2.05) is 44.2 Å². The molecule has 0 aliphatic carbocycles. The third kappa shape index (κ3) is 3.76. The summed E-state index contributed by atoms with van der Waals surface area (Å²) in [5.74, 6) is -0.909. The number of carboxylic acid groups (broad SMARTS) is 1. The first-order chi connectivity index (χ1) is 11.9. The molecule has 1 saturated heterocycles. The van der Waals surface area contributed by atoms with Gasteiger partial charge in [0.05, 0.1) is 16.8 Å². The Kier molecular flexibility index (Phi) is 5.22. The fourth-order valence-corrected chi connectivity index (χ4v) is 4.57. The normalized spacial score (nSPS) is 24.4. The number of hydrogen-bond acceptors (Lipinski definition) is 5. The zero-order valence-electron chi connectivity index (χ0n) is 14.6. The maximum atomic E-state index is 12.0. The van der Waals surface area contributed by atoms with E-state index in [-0.39, 0.29) is 0 Å². The van der Waals surface area contributed by atoms with Crippen molar-refractivity contribution in [3.8, 4) is 0 Å². The van der Waals surface area contributed by atoms with Gasteiger partial charge in [-0.2, -0.15) is 0 Å². The molecule has 0 spiro atoms. The van der Waals surface area contributed by atoms with Gasteiger partial charge in [-0.25, -0.2) is 4.98 Å². The van der Waals surface area contributed by atoms with E-state index in [2.05, 4.69) is 9.88 Å². The number of thiazole rings is 1. The standard InChI is InChI=1S/C19H24N2O3S/c1-13-16(25-14(2)20-13)11-21-9-8-19(18(23)24,17(22)12-21)10-15-6-4-3-5-7-15/h3-7,17,22H,8-12H2,1-2H3,(H,23,24)/t17-,19+/m0/s1. The first-order valence-electron chi connectivity index (χ1n) is 8.51. The van der Waals surface area contributed by atoms with Crippen molar-refractivity contribution in [2.24, 2.45) is 5.41 Å². The van der Waals surface area contributed by atoms with Gasteiger partial charge in [-0.1, -0.05) is 30.3 Å². The minimum Gasteiger partial charge on any atom is -0.481 e. The molecule has 25 heavy (non-hydrogen) atoms. The smallest absolute Gasteiger partial charge is 0.312 e. The lowest BCUT2D eigenvalue weighted by Gasteiger charge is -2.42. The fraction of sp³-hybridized carbons (Fsp3) is 0.474. The van der Waals surface area contributed by atoms with Gasteiger partial charge in [0, 0.05) is 18.0 Å². The van der Waals surface area contributed by atoms with E-state index in [1.54, 1.807) is 11.3 Å². The van der Waals surface area contributed by atoms with Crippen molar-refractivity contribution in [2.75, 3.05) is 13.1 Å². The van der Waals surface area contributed by atoms with Gasteiger partial charge in [-0.05, 0) is 38.8 Å². The highest BCUT2D eigenvalue weighted by molar-refractivity contribution is 7.11. The second-order valence-corrected chi connectivity index (χ2v) is 8.15. The molecule has 0 amide bonds. The van der Waals surface area contributed by atoms with E-state index in [0.717, 1.165) is 22.8 Å². The number of nitrogens with zero attached hydrogens (tertiary/aromatic N) is 2. The van der Waals surface area contributed by atoms with E-state index in [9.17, 15) is 15.0 Å². The summed E-state index contributed by atoms with van der Waals surface area (Å²) in [5, 5.41) is 21.6. The van der Waals surface area contributed by atoms with Crippen LogP contribution in [0.4, 0.5) is 0 Å². The average molecular weight is 360 g/mol. The maximum Gasteiger partial charge on any atom is 0.312 e. The Bertz CT molecular complexity index is 746. The molecule has 5 nitrogen and oxygen atoms in total. The largest absolute Gasteiger partial charge is 0.481 e. The van der Waals surface area contributed by atoms with Crippen LogP contribution in [0.2, 0.25) is 0 Å². The van der Waals surface area contributed by atoms with Crippen LogP contribution < -0.4 is 0 Å². The number of carbonyl (C=O) groups is 1. The molecular weight excluding hydrogens is 336 g/mol. The van der Waals surface area contributed by atoms with Gasteiger partial charge in [-0.15, -0.1) is 11.3 Å². The fourth-order valence-electron chi connectivity index (χ4n) is 3.59. The van der Waals surface area contributed by atoms with Crippen LogP contribution in [0.3, 0.4) is 0 Å². The highest BCUT2D eigenvalue weighted by atomic mass is 32.1. The van der Waals surface area contributed by atoms with Gasteiger partial charge in [0.1, 0.15) is 5.41 Å². The Balaban J connectivity index is 1.74. The molecule has 2 aromatic rings. The molecule has 134 valence electrons. The van der Waals surface area contributed by atoms with Crippen molar-refractivity contribution in [2.45, 2.75) is 39.3 Å². The highest BCUT2D eigenvalue weighted by Crippen LogP contribution is 2.37. The van der Waals surface area contributed by atoms with E-state index in [1.165, 1.54) is 4.88 Å². The quantitative estimate of drug-likeness (QED) is 0.857. The Labute approximate surface area is 152 Å². The predicted molar refractivity (Wildman–Crippen MR) is 97.7 cm³/mol. The molecule has 3 rings (SSSR count). The first kappa shape index (κ1) is 18.0. The molecule has 6 heteroatoms. The van der Waals surface area contributed by atoms with Crippen LogP contribution in [0.1, 0.15) is 27.6 Å². The van der Waals surface area contributed by atoms with Crippen molar-refractivity contribution < 1.29 is 15.0 Å². The molecule has 0 saturated carbocycles. The van der Waals surface area contributed by atoms with Crippen LogP contribution in [-0.4, -0.2) is 45.3 Å². The summed E-state index contributed by atoms with van der Waals surface area (Å²) >= 11 is 1.67. The van der Waals surface area contributed by atoms with Gasteiger partial charge < -0.3 is 10.2 Å². The summed E-state index contributed by atoms with van der Waals surface area (Å²) in [6.45, 7) is 5.73. The third-order valence-electron chi connectivity index (χ3n) is 5.10. The number of aliphatic hydroxyl groups excluding tert-OH is 1. The van der Waals surface area contributed by atoms with Crippen molar-refractivity contribution >= 4 is 17.3 Å². The molecule has 0 bridgehead atoms. The topological polar surface area (TPSA) is 73.7 Å². The third-order valence-corrected chi connectivity index (χ3v) is 6.16. The lowest BCUT2D eigenvalue weighted by atomic mass is 9.71. The summed E-state index contributed by atoms with van der Waals surface area (Å²) in [5.41, 5.74) is 0.860. The van der Waals surface area contributed by atoms with Gasteiger partial charge in [0.15, 0.2) is 0 Å². The van der Waals surface area contributed by atoms with Gasteiger partial charge in [0.2, 0.25) is 0 Å². The Hall–Kier alpha value is -1.76. The van der Waals surface area contributed by atoms with Gasteiger partial charge in [-0.3, -0.25) is 9.69 Å². The summed E-state index contributed by atoms with van der Waals surface area (Å²) in [6.07, 6.45) is -0.0974. The monoisotopic (exact) mass is 360 g/mol. The molecule has 1 fully saturated rings. The van der Waals surface area contributed by atoms with E-state index in [4.69, 9.17) is 0 Å². The number of rotatable bonds is 5. The lowest BCUT2D eigenvalue weighted by Crippen LogP contribution is -2.55. The van der Waals surface area contributed by atoms with Crippen molar-refractivity contribution in [3.05, 3.63) is 51.5 Å². The molecule has 2 atom stereocenters. The lowest BCUT2D eigenvalue weighted by molar-refractivity contribution is -0.163. The second-order valence-electron chi connectivity index (χ2n) is 6.87. The van der Waals surface area contributed by atoms with Crippen molar-refractivity contribution in [1.82, 2.24) is 9.88 Å². The summed E-state index contributed by atoms with van der Waals surface area (Å²) < 4.78 is 0. The van der Waals surface area contributed by atoms with Crippen LogP contribution >= 0.6 is 11.3 Å². The van der Waals surface area contributed by atoms with Crippen molar-refractivity contribution in [1.29, 1.82) is 0 Å². The number of aliphatic carboxylic acids is 1. The van der Waals surface area contributed by atoms with Gasteiger partial charge in [0.25, 0.3) is 0 Å². The first-order valence-corrected chi connectivity index (χ1v) is 9.33. The molecule has 2 N–H and O–H groups in total. The molecule has 1 aliphatic rings. The number of aryl methyl sites for hydroxylation is 2. The maximum absolute atomic E-state index is 12.0. The summed E-state index contributed by atoms with van der Waals surface area (Å²) in [6, 6.07) is 9.57. The zero-order valence-corrected chi connectivity index (χ0v) is 15.4. The molecular formula is C19H24N2O3S. The number of carboxylic acids is 1. The number of likely N-dealkylation sites (tertiary alicyclic amines) is 1. The number of hydrogen-bond donors (Lipinski definition) is 2. The SMILES string of the molecule is Cc1nc(C)c(CN2CC[C@](Cc3ccccc3)(C(=O)O)[C@@H](O)C2)s1.